The van der Waals surface area contributed by atoms with Crippen molar-refractivity contribution in [2.75, 3.05) is 0 Å². The van der Waals surface area contributed by atoms with Crippen molar-refractivity contribution < 1.29 is 0 Å². The summed E-state index contributed by atoms with van der Waals surface area (Å²) in [7, 11) is 0. The maximum atomic E-state index is 4.96. The first-order valence-electron chi connectivity index (χ1n) is 2.43. The normalized spacial score (nSPS) is 12.9. The van der Waals surface area contributed by atoms with Crippen LogP contribution in [0.3, 0.4) is 0 Å². The Hall–Kier alpha value is -0.530. The lowest BCUT2D eigenvalue weighted by atomic mass is 10.1. The SMILES string of the molecule is CC(=NN)C(C)C. The van der Waals surface area contributed by atoms with Crippen LogP contribution in [0.2, 0.25) is 0 Å². The highest BCUT2D eigenvalue weighted by Crippen LogP contribution is 1.92. The Kier molecular flexibility index (Phi) is 2.41. The van der Waals surface area contributed by atoms with Gasteiger partial charge >= 0.3 is 0 Å². The summed E-state index contributed by atoms with van der Waals surface area (Å²) in [4.78, 5) is 0. The first-order chi connectivity index (χ1) is 3.18. The molecule has 0 aliphatic carbocycles. The van der Waals surface area contributed by atoms with Crippen molar-refractivity contribution in [3.8, 4) is 0 Å². The molecule has 2 N–H and O–H groups in total. The molecule has 42 valence electrons. The molecule has 0 aromatic carbocycles. The second-order valence-corrected chi connectivity index (χ2v) is 1.93. The Morgan fingerprint density at radius 2 is 2.00 bits per heavy atom. The van der Waals surface area contributed by atoms with Crippen molar-refractivity contribution in [2.45, 2.75) is 20.8 Å². The minimum absolute atomic E-state index is 0.491. The van der Waals surface area contributed by atoms with Crippen LogP contribution in [0.25, 0.3) is 0 Å². The van der Waals surface area contributed by atoms with E-state index in [0.717, 1.165) is 5.71 Å². The molecular weight excluding hydrogens is 88.1 g/mol. The summed E-state index contributed by atoms with van der Waals surface area (Å²) in [5, 5.41) is 3.50. The van der Waals surface area contributed by atoms with E-state index in [2.05, 4.69) is 18.9 Å². The van der Waals surface area contributed by atoms with E-state index in [1.54, 1.807) is 0 Å². The maximum Gasteiger partial charge on any atom is 0.0370 e. The highest BCUT2D eigenvalue weighted by atomic mass is 15.1. The zero-order valence-electron chi connectivity index (χ0n) is 5.10. The van der Waals surface area contributed by atoms with Crippen LogP contribution in [-0.2, 0) is 0 Å². The van der Waals surface area contributed by atoms with Gasteiger partial charge in [-0.3, -0.25) is 0 Å². The molecule has 0 aromatic rings. The van der Waals surface area contributed by atoms with Crippen LogP contribution in [0.5, 0.6) is 0 Å². The van der Waals surface area contributed by atoms with Gasteiger partial charge < -0.3 is 5.84 Å². The van der Waals surface area contributed by atoms with Crippen LogP contribution in [0.15, 0.2) is 5.10 Å². The van der Waals surface area contributed by atoms with Crippen molar-refractivity contribution >= 4 is 5.71 Å². The van der Waals surface area contributed by atoms with Crippen LogP contribution < -0.4 is 5.84 Å². The first kappa shape index (κ1) is 6.47. The lowest BCUT2D eigenvalue weighted by molar-refractivity contribution is 0.869. The van der Waals surface area contributed by atoms with Gasteiger partial charge in [0, 0.05) is 5.71 Å². The van der Waals surface area contributed by atoms with Gasteiger partial charge in [0.1, 0.15) is 0 Å². The molecule has 7 heavy (non-hydrogen) atoms. The van der Waals surface area contributed by atoms with Gasteiger partial charge in [-0.15, -0.1) is 0 Å². The fourth-order valence-electron chi connectivity index (χ4n) is 0.149. The van der Waals surface area contributed by atoms with Gasteiger partial charge in [0.15, 0.2) is 0 Å². The van der Waals surface area contributed by atoms with Crippen LogP contribution >= 0.6 is 0 Å². The lowest BCUT2D eigenvalue weighted by Gasteiger charge is -1.98. The van der Waals surface area contributed by atoms with Crippen LogP contribution in [0.1, 0.15) is 20.8 Å². The van der Waals surface area contributed by atoms with E-state index in [-0.39, 0.29) is 0 Å². The van der Waals surface area contributed by atoms with Gasteiger partial charge in [-0.25, -0.2) is 0 Å². The van der Waals surface area contributed by atoms with Gasteiger partial charge in [0.25, 0.3) is 0 Å². The summed E-state index contributed by atoms with van der Waals surface area (Å²) in [6.45, 7) is 6.04. The predicted molar refractivity (Wildman–Crippen MR) is 32.1 cm³/mol. The number of nitrogens with two attached hydrogens (primary N) is 1. The predicted octanol–water partition coefficient (Wildman–Crippen LogP) is 0.977. The summed E-state index contributed by atoms with van der Waals surface area (Å²) < 4.78 is 0. The molecule has 0 aromatic heterocycles. The van der Waals surface area contributed by atoms with E-state index in [1.807, 2.05) is 6.92 Å². The average Bonchev–Trinajstić information content (AvgIpc) is 1.65. The zero-order valence-corrected chi connectivity index (χ0v) is 5.10. The second-order valence-electron chi connectivity index (χ2n) is 1.93. The van der Waals surface area contributed by atoms with Crippen molar-refractivity contribution in [1.29, 1.82) is 0 Å². The minimum Gasteiger partial charge on any atom is -0.323 e. The second kappa shape index (κ2) is 2.61. The molecule has 0 fully saturated rings. The number of hydrogen-bond donors (Lipinski definition) is 1. The highest BCUT2D eigenvalue weighted by molar-refractivity contribution is 5.83. The van der Waals surface area contributed by atoms with E-state index in [4.69, 9.17) is 5.84 Å². The molecule has 0 unspecified atom stereocenters. The third-order valence-electron chi connectivity index (χ3n) is 1.04. The molecule has 0 aliphatic heterocycles. The Morgan fingerprint density at radius 1 is 1.57 bits per heavy atom. The fraction of sp³-hybridized carbons (Fsp3) is 0.800. The highest BCUT2D eigenvalue weighted by Gasteiger charge is 1.93. The number of hydrogen-bond acceptors (Lipinski definition) is 2. The molecule has 0 saturated carbocycles. The molecule has 0 amide bonds. The molecule has 0 atom stereocenters. The maximum absolute atomic E-state index is 4.96. The van der Waals surface area contributed by atoms with Gasteiger partial charge in [0.2, 0.25) is 0 Å². The van der Waals surface area contributed by atoms with E-state index in [9.17, 15) is 0 Å². The molecule has 0 heterocycles. The smallest absolute Gasteiger partial charge is 0.0370 e. The van der Waals surface area contributed by atoms with Crippen molar-refractivity contribution in [2.24, 2.45) is 16.9 Å². The molecule has 0 spiro atoms. The topological polar surface area (TPSA) is 38.4 Å². The first-order valence-corrected chi connectivity index (χ1v) is 2.43. The van der Waals surface area contributed by atoms with Gasteiger partial charge in [0.05, 0.1) is 0 Å². The Balaban J connectivity index is 3.56. The summed E-state index contributed by atoms with van der Waals surface area (Å²) in [5.41, 5.74) is 1.00. The molecule has 2 heteroatoms. The zero-order chi connectivity index (χ0) is 5.86. The van der Waals surface area contributed by atoms with Crippen molar-refractivity contribution in [3.63, 3.8) is 0 Å². The third kappa shape index (κ3) is 2.20. The largest absolute Gasteiger partial charge is 0.323 e. The monoisotopic (exact) mass is 100 g/mol. The van der Waals surface area contributed by atoms with Crippen LogP contribution in [0, 0.1) is 5.92 Å². The molecular formula is C5H12N2. The molecule has 2 nitrogen and oxygen atoms in total. The van der Waals surface area contributed by atoms with Gasteiger partial charge in [-0.05, 0) is 12.8 Å². The molecule has 0 bridgehead atoms. The van der Waals surface area contributed by atoms with Crippen LogP contribution in [0.4, 0.5) is 0 Å². The van der Waals surface area contributed by atoms with Gasteiger partial charge in [-0.2, -0.15) is 5.10 Å². The van der Waals surface area contributed by atoms with Crippen LogP contribution in [-0.4, -0.2) is 5.71 Å². The quantitative estimate of drug-likeness (QED) is 0.298. The molecule has 0 aliphatic rings. The summed E-state index contributed by atoms with van der Waals surface area (Å²) >= 11 is 0. The van der Waals surface area contributed by atoms with E-state index >= 15 is 0 Å². The van der Waals surface area contributed by atoms with E-state index in [0.29, 0.717) is 5.92 Å². The third-order valence-corrected chi connectivity index (χ3v) is 1.04. The standard InChI is InChI=1S/C5H12N2/c1-4(2)5(3)7-6/h4H,6H2,1-3H3. The Labute approximate surface area is 44.4 Å². The van der Waals surface area contributed by atoms with E-state index < -0.39 is 0 Å². The van der Waals surface area contributed by atoms with Crippen molar-refractivity contribution in [3.05, 3.63) is 0 Å². The summed E-state index contributed by atoms with van der Waals surface area (Å²) in [6.07, 6.45) is 0. The fourth-order valence-corrected chi connectivity index (χ4v) is 0.149. The summed E-state index contributed by atoms with van der Waals surface area (Å²) in [6, 6.07) is 0. The molecule has 0 rings (SSSR count). The Morgan fingerprint density at radius 3 is 2.00 bits per heavy atom. The summed E-state index contributed by atoms with van der Waals surface area (Å²) in [5.74, 6) is 5.45. The number of nitrogens with zero attached hydrogens (tertiary/aromatic N) is 1. The Bertz CT molecular complexity index is 74.1. The minimum atomic E-state index is 0.491. The van der Waals surface area contributed by atoms with E-state index in [1.165, 1.54) is 0 Å². The lowest BCUT2D eigenvalue weighted by Crippen LogP contribution is -2.03. The molecule has 0 radical (unpaired) electrons. The van der Waals surface area contributed by atoms with Gasteiger partial charge in [-0.1, -0.05) is 13.8 Å². The number of rotatable bonds is 1. The average molecular weight is 100 g/mol. The molecule has 0 saturated heterocycles. The number of hydrazone groups is 1. The van der Waals surface area contributed by atoms with Crippen molar-refractivity contribution in [1.82, 2.24) is 0 Å².